The van der Waals surface area contributed by atoms with Crippen LogP contribution < -0.4 is 15.8 Å². The molecule has 1 rings (SSSR count). The molecule has 0 heterocycles. The van der Waals surface area contributed by atoms with Crippen LogP contribution in [0.2, 0.25) is 0 Å². The van der Waals surface area contributed by atoms with E-state index in [-0.39, 0.29) is 11.9 Å². The van der Waals surface area contributed by atoms with Gasteiger partial charge in [-0.1, -0.05) is 19.9 Å². The van der Waals surface area contributed by atoms with E-state index in [2.05, 4.69) is 5.32 Å². The van der Waals surface area contributed by atoms with Crippen molar-refractivity contribution in [3.05, 3.63) is 29.6 Å². The molecule has 0 spiro atoms. The Balaban J connectivity index is 2.76. The van der Waals surface area contributed by atoms with Gasteiger partial charge in [0.05, 0.1) is 0 Å². The van der Waals surface area contributed by atoms with Crippen molar-refractivity contribution in [3.63, 3.8) is 0 Å². The molecule has 1 amide bonds. The first-order valence-corrected chi connectivity index (χ1v) is 6.80. The number of nitrogens with one attached hydrogen (secondary N) is 1. The zero-order chi connectivity index (χ0) is 15.3. The van der Waals surface area contributed by atoms with Gasteiger partial charge in [0.2, 0.25) is 0 Å². The maximum atomic E-state index is 13.3. The fourth-order valence-corrected chi connectivity index (χ4v) is 1.68. The summed E-state index contributed by atoms with van der Waals surface area (Å²) in [6.07, 6.45) is -0.701. The summed E-state index contributed by atoms with van der Waals surface area (Å²) in [6.45, 7) is 8.00. The molecule has 20 heavy (non-hydrogen) atoms. The first kappa shape index (κ1) is 16.4. The quantitative estimate of drug-likeness (QED) is 0.842. The molecule has 0 saturated heterocycles. The standard InChI is InChI=1S/C15H23FN2O2/c1-9(2)8-18-15(19)11(4)20-14-7-12(16)5-6-13(14)10(3)17/h5-7,9-11H,8,17H2,1-4H3,(H,18,19)/t10-,11?/m0/s1. The molecule has 0 aromatic heterocycles. The summed E-state index contributed by atoms with van der Waals surface area (Å²) in [6, 6.07) is 3.87. The number of halogens is 1. The van der Waals surface area contributed by atoms with E-state index in [0.717, 1.165) is 0 Å². The molecule has 0 aliphatic rings. The summed E-state index contributed by atoms with van der Waals surface area (Å²) < 4.78 is 18.8. The zero-order valence-corrected chi connectivity index (χ0v) is 12.4. The van der Waals surface area contributed by atoms with Gasteiger partial charge in [-0.3, -0.25) is 4.79 Å². The molecular weight excluding hydrogens is 259 g/mol. The molecule has 1 unspecified atom stereocenters. The predicted molar refractivity (Wildman–Crippen MR) is 76.9 cm³/mol. The minimum atomic E-state index is -0.701. The average molecular weight is 282 g/mol. The second-order valence-electron chi connectivity index (χ2n) is 5.37. The van der Waals surface area contributed by atoms with E-state index in [1.165, 1.54) is 12.1 Å². The molecule has 0 fully saturated rings. The largest absolute Gasteiger partial charge is 0.480 e. The number of hydrogen-bond acceptors (Lipinski definition) is 3. The lowest BCUT2D eigenvalue weighted by atomic mass is 10.1. The third kappa shape index (κ3) is 4.81. The zero-order valence-electron chi connectivity index (χ0n) is 12.4. The molecule has 2 atom stereocenters. The van der Waals surface area contributed by atoms with Gasteiger partial charge < -0.3 is 15.8 Å². The molecule has 4 nitrogen and oxygen atoms in total. The minimum Gasteiger partial charge on any atom is -0.480 e. The van der Waals surface area contributed by atoms with Crippen LogP contribution >= 0.6 is 0 Å². The summed E-state index contributed by atoms with van der Waals surface area (Å²) in [4.78, 5) is 11.9. The molecule has 3 N–H and O–H groups in total. The Hall–Kier alpha value is -1.62. The highest BCUT2D eigenvalue weighted by Gasteiger charge is 2.18. The Kier molecular flexibility index (Phi) is 5.95. The maximum Gasteiger partial charge on any atom is 0.260 e. The van der Waals surface area contributed by atoms with Crippen molar-refractivity contribution in [2.24, 2.45) is 11.7 Å². The van der Waals surface area contributed by atoms with Crippen LogP contribution in [0.15, 0.2) is 18.2 Å². The SMILES string of the molecule is CC(C)CNC(=O)C(C)Oc1cc(F)ccc1[C@H](C)N. The molecule has 112 valence electrons. The summed E-state index contributed by atoms with van der Waals surface area (Å²) in [7, 11) is 0. The van der Waals surface area contributed by atoms with Crippen LogP contribution in [-0.2, 0) is 4.79 Å². The molecule has 1 aromatic rings. The molecule has 0 aliphatic carbocycles. The van der Waals surface area contributed by atoms with Crippen LogP contribution in [0.3, 0.4) is 0 Å². The van der Waals surface area contributed by atoms with Crippen molar-refractivity contribution >= 4 is 5.91 Å². The van der Waals surface area contributed by atoms with Crippen LogP contribution in [0.4, 0.5) is 4.39 Å². The van der Waals surface area contributed by atoms with Gasteiger partial charge >= 0.3 is 0 Å². The van der Waals surface area contributed by atoms with E-state index in [0.29, 0.717) is 23.8 Å². The van der Waals surface area contributed by atoms with Gasteiger partial charge in [0.25, 0.3) is 5.91 Å². The fourth-order valence-electron chi connectivity index (χ4n) is 1.68. The second-order valence-corrected chi connectivity index (χ2v) is 5.37. The summed E-state index contributed by atoms with van der Waals surface area (Å²) >= 11 is 0. The van der Waals surface area contributed by atoms with Gasteiger partial charge in [0, 0.05) is 24.2 Å². The highest BCUT2D eigenvalue weighted by Crippen LogP contribution is 2.25. The topological polar surface area (TPSA) is 64.3 Å². The van der Waals surface area contributed by atoms with E-state index in [4.69, 9.17) is 10.5 Å². The number of rotatable bonds is 6. The average Bonchev–Trinajstić information content (AvgIpc) is 2.35. The van der Waals surface area contributed by atoms with E-state index in [1.54, 1.807) is 19.9 Å². The lowest BCUT2D eigenvalue weighted by Gasteiger charge is -2.19. The first-order valence-electron chi connectivity index (χ1n) is 6.80. The number of carbonyl (C=O) groups excluding carboxylic acids is 1. The molecular formula is C15H23FN2O2. The third-order valence-corrected chi connectivity index (χ3v) is 2.82. The highest BCUT2D eigenvalue weighted by molar-refractivity contribution is 5.80. The summed E-state index contributed by atoms with van der Waals surface area (Å²) in [5.41, 5.74) is 6.49. The van der Waals surface area contributed by atoms with Crippen molar-refractivity contribution in [1.29, 1.82) is 0 Å². The lowest BCUT2D eigenvalue weighted by Crippen LogP contribution is -2.38. The Morgan fingerprint density at radius 3 is 2.55 bits per heavy atom. The van der Waals surface area contributed by atoms with Crippen molar-refractivity contribution in [2.75, 3.05) is 6.54 Å². The third-order valence-electron chi connectivity index (χ3n) is 2.82. The van der Waals surface area contributed by atoms with Crippen molar-refractivity contribution in [3.8, 4) is 5.75 Å². The van der Waals surface area contributed by atoms with Crippen LogP contribution in [-0.4, -0.2) is 18.6 Å². The van der Waals surface area contributed by atoms with E-state index < -0.39 is 11.9 Å². The second kappa shape index (κ2) is 7.24. The molecule has 0 aliphatic heterocycles. The van der Waals surface area contributed by atoms with Crippen LogP contribution in [0.25, 0.3) is 0 Å². The number of nitrogens with two attached hydrogens (primary N) is 1. The smallest absolute Gasteiger partial charge is 0.260 e. The van der Waals surface area contributed by atoms with E-state index in [9.17, 15) is 9.18 Å². The van der Waals surface area contributed by atoms with E-state index in [1.807, 2.05) is 13.8 Å². The summed E-state index contributed by atoms with van der Waals surface area (Å²) in [5, 5.41) is 2.78. The van der Waals surface area contributed by atoms with Gasteiger partial charge in [-0.2, -0.15) is 0 Å². The molecule has 0 radical (unpaired) electrons. The fraction of sp³-hybridized carbons (Fsp3) is 0.533. The van der Waals surface area contributed by atoms with Gasteiger partial charge in [-0.25, -0.2) is 4.39 Å². The highest BCUT2D eigenvalue weighted by atomic mass is 19.1. The first-order chi connectivity index (χ1) is 9.31. The monoisotopic (exact) mass is 282 g/mol. The predicted octanol–water partition coefficient (Wildman–Crippen LogP) is 2.38. The van der Waals surface area contributed by atoms with Gasteiger partial charge in [0.15, 0.2) is 6.10 Å². The van der Waals surface area contributed by atoms with Crippen LogP contribution in [0, 0.1) is 11.7 Å². The molecule has 0 saturated carbocycles. The van der Waals surface area contributed by atoms with Gasteiger partial charge in [-0.05, 0) is 25.8 Å². The number of carbonyl (C=O) groups is 1. The Morgan fingerprint density at radius 2 is 2.00 bits per heavy atom. The van der Waals surface area contributed by atoms with Crippen LogP contribution in [0.5, 0.6) is 5.75 Å². The van der Waals surface area contributed by atoms with Crippen molar-refractivity contribution in [1.82, 2.24) is 5.32 Å². The van der Waals surface area contributed by atoms with Gasteiger partial charge in [-0.15, -0.1) is 0 Å². The number of benzene rings is 1. The maximum absolute atomic E-state index is 13.3. The van der Waals surface area contributed by atoms with E-state index >= 15 is 0 Å². The van der Waals surface area contributed by atoms with Crippen LogP contribution in [0.1, 0.15) is 39.3 Å². The normalized spacial score (nSPS) is 13.9. The number of ether oxygens (including phenoxy) is 1. The van der Waals surface area contributed by atoms with Gasteiger partial charge in [0.1, 0.15) is 11.6 Å². The molecule has 0 bridgehead atoms. The van der Waals surface area contributed by atoms with Crippen molar-refractivity contribution in [2.45, 2.75) is 39.8 Å². The molecule has 1 aromatic carbocycles. The minimum absolute atomic E-state index is 0.224. The van der Waals surface area contributed by atoms with Crippen molar-refractivity contribution < 1.29 is 13.9 Å². The number of amides is 1. The Labute approximate surface area is 119 Å². The Morgan fingerprint density at radius 1 is 1.35 bits per heavy atom. The Bertz CT molecular complexity index is 461. The number of hydrogen-bond donors (Lipinski definition) is 2. The summed E-state index contributed by atoms with van der Waals surface area (Å²) in [5.74, 6) is 0.0323. The molecule has 5 heteroatoms. The lowest BCUT2D eigenvalue weighted by molar-refractivity contribution is -0.127.